The van der Waals surface area contributed by atoms with Crippen LogP contribution >= 0.6 is 0 Å². The summed E-state index contributed by atoms with van der Waals surface area (Å²) < 4.78 is 53.2. The van der Waals surface area contributed by atoms with E-state index in [1.54, 1.807) is 7.05 Å². The Kier molecular flexibility index (Phi) is 4.12. The average molecular weight is 237 g/mol. The van der Waals surface area contributed by atoms with Gasteiger partial charge >= 0.3 is 6.18 Å². The average Bonchev–Trinajstić information content (AvgIpc) is 2.15. The normalized spacial score (nSPS) is 11.6. The molecule has 16 heavy (non-hydrogen) atoms. The summed E-state index contributed by atoms with van der Waals surface area (Å²) in [6.07, 6.45) is -4.40. The van der Waals surface area contributed by atoms with Crippen LogP contribution in [0.4, 0.5) is 17.6 Å². The lowest BCUT2D eigenvalue weighted by molar-refractivity contribution is -0.153. The maximum absolute atomic E-state index is 12.8. The number of nitrogens with one attached hydrogen (secondary N) is 1. The highest BCUT2D eigenvalue weighted by Gasteiger charge is 2.28. The number of rotatable bonds is 4. The van der Waals surface area contributed by atoms with Crippen molar-refractivity contribution in [3.05, 3.63) is 29.6 Å². The Morgan fingerprint density at radius 1 is 1.31 bits per heavy atom. The molecule has 0 atom stereocenters. The molecular weight excluding hydrogens is 226 g/mol. The fourth-order valence-electron chi connectivity index (χ4n) is 1.18. The van der Waals surface area contributed by atoms with E-state index in [-0.39, 0.29) is 12.3 Å². The molecular formula is C10H11F4NO. The quantitative estimate of drug-likeness (QED) is 0.812. The van der Waals surface area contributed by atoms with Gasteiger partial charge in [-0.3, -0.25) is 0 Å². The van der Waals surface area contributed by atoms with Crippen LogP contribution in [-0.4, -0.2) is 19.8 Å². The number of hydrogen-bond acceptors (Lipinski definition) is 2. The van der Waals surface area contributed by atoms with Crippen LogP contribution in [0.2, 0.25) is 0 Å². The lowest BCUT2D eigenvalue weighted by Gasteiger charge is -2.12. The van der Waals surface area contributed by atoms with Crippen LogP contribution in [0, 0.1) is 5.82 Å². The number of alkyl halides is 3. The van der Waals surface area contributed by atoms with Crippen LogP contribution in [0.5, 0.6) is 5.75 Å². The predicted molar refractivity (Wildman–Crippen MR) is 50.7 cm³/mol. The Morgan fingerprint density at radius 3 is 2.56 bits per heavy atom. The van der Waals surface area contributed by atoms with Crippen molar-refractivity contribution in [2.75, 3.05) is 13.7 Å². The first-order chi connectivity index (χ1) is 7.42. The van der Waals surface area contributed by atoms with Gasteiger partial charge in [0, 0.05) is 12.1 Å². The van der Waals surface area contributed by atoms with Crippen molar-refractivity contribution in [3.8, 4) is 5.75 Å². The van der Waals surface area contributed by atoms with E-state index in [9.17, 15) is 17.6 Å². The zero-order chi connectivity index (χ0) is 12.2. The van der Waals surface area contributed by atoms with E-state index in [2.05, 4.69) is 10.1 Å². The van der Waals surface area contributed by atoms with Crippen LogP contribution < -0.4 is 10.1 Å². The molecule has 0 spiro atoms. The van der Waals surface area contributed by atoms with Gasteiger partial charge in [0.05, 0.1) is 0 Å². The molecule has 0 aliphatic heterocycles. The number of halogens is 4. The molecule has 2 nitrogen and oxygen atoms in total. The van der Waals surface area contributed by atoms with Gasteiger partial charge < -0.3 is 10.1 Å². The molecule has 0 heterocycles. The molecule has 1 aromatic carbocycles. The summed E-state index contributed by atoms with van der Waals surface area (Å²) in [5.41, 5.74) is 0.353. The number of ether oxygens (including phenoxy) is 1. The molecule has 1 rings (SSSR count). The first-order valence-electron chi connectivity index (χ1n) is 4.55. The fourth-order valence-corrected chi connectivity index (χ4v) is 1.18. The Morgan fingerprint density at radius 2 is 2.00 bits per heavy atom. The summed E-state index contributed by atoms with van der Waals surface area (Å²) in [5.74, 6) is -0.474. The highest BCUT2D eigenvalue weighted by atomic mass is 19.4. The Balaban J connectivity index is 2.78. The second-order valence-corrected chi connectivity index (χ2v) is 3.19. The maximum Gasteiger partial charge on any atom is 0.422 e. The van der Waals surface area contributed by atoms with Crippen molar-refractivity contribution in [1.29, 1.82) is 0 Å². The molecule has 90 valence electrons. The van der Waals surface area contributed by atoms with Crippen LogP contribution in [0.3, 0.4) is 0 Å². The van der Waals surface area contributed by atoms with Crippen molar-refractivity contribution < 1.29 is 22.3 Å². The Hall–Kier alpha value is -1.30. The van der Waals surface area contributed by atoms with Crippen LogP contribution in [0.1, 0.15) is 5.56 Å². The lowest BCUT2D eigenvalue weighted by Crippen LogP contribution is -2.20. The smallest absolute Gasteiger partial charge is 0.422 e. The first-order valence-corrected chi connectivity index (χ1v) is 4.55. The molecule has 0 saturated heterocycles. The second-order valence-electron chi connectivity index (χ2n) is 3.19. The molecule has 0 fully saturated rings. The summed E-state index contributed by atoms with van der Waals surface area (Å²) in [5, 5.41) is 2.72. The van der Waals surface area contributed by atoms with Crippen molar-refractivity contribution >= 4 is 0 Å². The van der Waals surface area contributed by atoms with E-state index in [1.165, 1.54) is 6.07 Å². The number of benzene rings is 1. The molecule has 1 aromatic rings. The molecule has 0 radical (unpaired) electrons. The van der Waals surface area contributed by atoms with Gasteiger partial charge in [-0.2, -0.15) is 13.2 Å². The van der Waals surface area contributed by atoms with Gasteiger partial charge in [0.1, 0.15) is 11.6 Å². The molecule has 0 bridgehead atoms. The standard InChI is InChI=1S/C10H11F4NO/c1-15-5-7-4-8(11)2-3-9(7)16-6-10(12,13)14/h2-4,15H,5-6H2,1H3. The van der Waals surface area contributed by atoms with Crippen molar-refractivity contribution in [2.45, 2.75) is 12.7 Å². The fraction of sp³-hybridized carbons (Fsp3) is 0.400. The zero-order valence-corrected chi connectivity index (χ0v) is 8.57. The summed E-state index contributed by atoms with van der Waals surface area (Å²) in [6, 6.07) is 3.39. The third kappa shape index (κ3) is 4.06. The van der Waals surface area contributed by atoms with Gasteiger partial charge in [0.2, 0.25) is 0 Å². The van der Waals surface area contributed by atoms with E-state index in [0.717, 1.165) is 12.1 Å². The third-order valence-electron chi connectivity index (χ3n) is 1.78. The maximum atomic E-state index is 12.8. The van der Waals surface area contributed by atoms with Crippen molar-refractivity contribution in [1.82, 2.24) is 5.32 Å². The van der Waals surface area contributed by atoms with Gasteiger partial charge in [-0.25, -0.2) is 4.39 Å². The first kappa shape index (κ1) is 12.8. The second kappa shape index (κ2) is 5.16. The Labute approximate surface area is 90.2 Å². The van der Waals surface area contributed by atoms with Crippen LogP contribution in [-0.2, 0) is 6.54 Å². The molecule has 0 aliphatic rings. The highest BCUT2D eigenvalue weighted by Crippen LogP contribution is 2.23. The monoisotopic (exact) mass is 237 g/mol. The minimum atomic E-state index is -4.40. The summed E-state index contributed by atoms with van der Waals surface area (Å²) in [6.45, 7) is -1.14. The van der Waals surface area contributed by atoms with Gasteiger partial charge in [0.15, 0.2) is 6.61 Å². The van der Waals surface area contributed by atoms with Gasteiger partial charge in [0.25, 0.3) is 0 Å². The van der Waals surface area contributed by atoms with Crippen molar-refractivity contribution in [3.63, 3.8) is 0 Å². The molecule has 0 aromatic heterocycles. The van der Waals surface area contributed by atoms with Crippen molar-refractivity contribution in [2.24, 2.45) is 0 Å². The van der Waals surface area contributed by atoms with E-state index >= 15 is 0 Å². The predicted octanol–water partition coefficient (Wildman–Crippen LogP) is 2.49. The summed E-state index contributed by atoms with van der Waals surface area (Å²) in [4.78, 5) is 0. The zero-order valence-electron chi connectivity index (χ0n) is 8.57. The summed E-state index contributed by atoms with van der Waals surface area (Å²) in [7, 11) is 1.61. The Bertz CT molecular complexity index is 351. The molecule has 0 saturated carbocycles. The van der Waals surface area contributed by atoms with Crippen LogP contribution in [0.25, 0.3) is 0 Å². The number of hydrogen-bond donors (Lipinski definition) is 1. The topological polar surface area (TPSA) is 21.3 Å². The molecule has 0 unspecified atom stereocenters. The van der Waals surface area contributed by atoms with E-state index in [4.69, 9.17) is 0 Å². The summed E-state index contributed by atoms with van der Waals surface area (Å²) >= 11 is 0. The minimum absolute atomic E-state index is 0.0353. The van der Waals surface area contributed by atoms with E-state index in [1.807, 2.05) is 0 Å². The van der Waals surface area contributed by atoms with Gasteiger partial charge in [-0.05, 0) is 25.2 Å². The van der Waals surface area contributed by atoms with Crippen LogP contribution in [0.15, 0.2) is 18.2 Å². The van der Waals surface area contributed by atoms with Gasteiger partial charge in [-0.15, -0.1) is 0 Å². The molecule has 0 amide bonds. The highest BCUT2D eigenvalue weighted by molar-refractivity contribution is 5.33. The van der Waals surface area contributed by atoms with Gasteiger partial charge in [-0.1, -0.05) is 0 Å². The SMILES string of the molecule is CNCc1cc(F)ccc1OCC(F)(F)F. The molecule has 6 heteroatoms. The lowest BCUT2D eigenvalue weighted by atomic mass is 10.2. The minimum Gasteiger partial charge on any atom is -0.484 e. The largest absolute Gasteiger partial charge is 0.484 e. The third-order valence-corrected chi connectivity index (χ3v) is 1.78. The van der Waals surface area contributed by atoms with E-state index < -0.39 is 18.6 Å². The molecule has 0 aliphatic carbocycles. The van der Waals surface area contributed by atoms with E-state index in [0.29, 0.717) is 5.56 Å². The molecule has 1 N–H and O–H groups in total.